The maximum atomic E-state index is 2.80. The van der Waals surface area contributed by atoms with E-state index in [1.54, 1.807) is 0 Å². The first kappa shape index (κ1) is 14.8. The predicted molar refractivity (Wildman–Crippen MR) is 87.3 cm³/mol. The van der Waals surface area contributed by atoms with Crippen LogP contribution in [0.4, 0.5) is 0 Å². The van der Waals surface area contributed by atoms with E-state index in [0.717, 1.165) is 17.7 Å². The Balaban J connectivity index is 1.95. The van der Waals surface area contributed by atoms with E-state index in [2.05, 4.69) is 68.7 Å². The van der Waals surface area contributed by atoms with E-state index in [9.17, 15) is 0 Å². The first-order chi connectivity index (χ1) is 8.95. The Bertz CT molecular complexity index is 395. The molecule has 1 fully saturated rings. The Hall–Kier alpha value is -0.603. The van der Waals surface area contributed by atoms with E-state index in [1.807, 2.05) is 0 Å². The summed E-state index contributed by atoms with van der Waals surface area (Å²) < 4.78 is 0. The summed E-state index contributed by atoms with van der Waals surface area (Å²) in [5, 5.41) is 0. The van der Waals surface area contributed by atoms with Crippen LogP contribution in [0.15, 0.2) is 30.3 Å². The highest BCUT2D eigenvalue weighted by molar-refractivity contribution is 6.78. The monoisotopic (exact) mass is 275 g/mol. The van der Waals surface area contributed by atoms with Gasteiger partial charge in [0, 0.05) is 17.7 Å². The lowest BCUT2D eigenvalue weighted by Gasteiger charge is -2.18. The molecule has 1 aliphatic heterocycles. The van der Waals surface area contributed by atoms with Gasteiger partial charge in [-0.15, -0.1) is 0 Å². The highest BCUT2D eigenvalue weighted by atomic mass is 28.3. The van der Waals surface area contributed by atoms with Gasteiger partial charge in [-0.1, -0.05) is 56.9 Å². The van der Waals surface area contributed by atoms with Crippen LogP contribution in [-0.2, 0) is 6.42 Å². The van der Waals surface area contributed by atoms with Crippen molar-refractivity contribution < 1.29 is 0 Å². The quantitative estimate of drug-likeness (QED) is 0.551. The van der Waals surface area contributed by atoms with Crippen molar-refractivity contribution in [1.82, 2.24) is 4.90 Å². The molecule has 0 amide bonds. The summed E-state index contributed by atoms with van der Waals surface area (Å²) in [5.41, 5.74) is 2.40. The van der Waals surface area contributed by atoms with Crippen molar-refractivity contribution >= 4 is 8.07 Å². The van der Waals surface area contributed by atoms with Crippen LogP contribution in [0.5, 0.6) is 0 Å². The van der Waals surface area contributed by atoms with Crippen molar-refractivity contribution in [3.63, 3.8) is 0 Å². The number of benzene rings is 1. The van der Waals surface area contributed by atoms with Crippen LogP contribution in [-0.4, -0.2) is 30.7 Å². The van der Waals surface area contributed by atoms with Gasteiger partial charge >= 0.3 is 0 Å². The lowest BCUT2D eigenvalue weighted by molar-refractivity contribution is 0.371. The Labute approximate surface area is 120 Å². The van der Waals surface area contributed by atoms with Crippen molar-refractivity contribution in [3.8, 4) is 0 Å². The molecule has 0 aromatic heterocycles. The third-order valence-corrected chi connectivity index (χ3v) is 7.00. The molecule has 0 aliphatic carbocycles. The molecule has 1 saturated heterocycles. The summed E-state index contributed by atoms with van der Waals surface area (Å²) in [6.07, 6.45) is 3.85. The second-order valence-electron chi connectivity index (χ2n) is 7.11. The van der Waals surface area contributed by atoms with E-state index in [4.69, 9.17) is 0 Å². The van der Waals surface area contributed by atoms with Crippen LogP contribution in [0.2, 0.25) is 19.6 Å². The fraction of sp³-hybridized carbons (Fsp3) is 0.647. The number of rotatable bonds is 6. The van der Waals surface area contributed by atoms with Gasteiger partial charge in [-0.05, 0) is 31.7 Å². The molecule has 106 valence electrons. The zero-order chi connectivity index (χ0) is 14.0. The van der Waals surface area contributed by atoms with E-state index in [1.165, 1.54) is 24.8 Å². The first-order valence-electron chi connectivity index (χ1n) is 7.76. The SMILES string of the molecule is CCC(C)N1C(CCc2ccccc2)C1[Si](C)(C)C. The van der Waals surface area contributed by atoms with E-state index in [0.29, 0.717) is 0 Å². The van der Waals surface area contributed by atoms with Gasteiger partial charge in [0.1, 0.15) is 0 Å². The maximum Gasteiger partial charge on any atom is 0.0659 e. The van der Waals surface area contributed by atoms with Crippen molar-refractivity contribution in [2.75, 3.05) is 0 Å². The predicted octanol–water partition coefficient (Wildman–Crippen LogP) is 4.35. The van der Waals surface area contributed by atoms with Gasteiger partial charge in [-0.3, -0.25) is 4.90 Å². The van der Waals surface area contributed by atoms with Crippen LogP contribution in [0.1, 0.15) is 32.3 Å². The van der Waals surface area contributed by atoms with Gasteiger partial charge in [0.25, 0.3) is 0 Å². The molecule has 1 aromatic rings. The molecule has 0 spiro atoms. The standard InChI is InChI=1S/C17H29NSi/c1-6-14(2)18-16(17(18)19(3,4)5)13-12-15-10-8-7-9-11-15/h7-11,14,16-17H,6,12-13H2,1-5H3. The minimum atomic E-state index is -1.04. The Morgan fingerprint density at radius 2 is 1.79 bits per heavy atom. The summed E-state index contributed by atoms with van der Waals surface area (Å²) >= 11 is 0. The second-order valence-corrected chi connectivity index (χ2v) is 12.4. The van der Waals surface area contributed by atoms with Crippen LogP contribution < -0.4 is 0 Å². The van der Waals surface area contributed by atoms with E-state index < -0.39 is 8.07 Å². The maximum absolute atomic E-state index is 2.80. The molecule has 0 bridgehead atoms. The number of nitrogens with zero attached hydrogens (tertiary/aromatic N) is 1. The lowest BCUT2D eigenvalue weighted by Crippen LogP contribution is -2.34. The molecule has 0 radical (unpaired) electrons. The van der Waals surface area contributed by atoms with Crippen LogP contribution >= 0.6 is 0 Å². The molecule has 1 aromatic carbocycles. The van der Waals surface area contributed by atoms with Crippen LogP contribution in [0.3, 0.4) is 0 Å². The molecule has 1 aliphatic rings. The Morgan fingerprint density at radius 1 is 1.16 bits per heavy atom. The van der Waals surface area contributed by atoms with Gasteiger partial charge in [0.15, 0.2) is 0 Å². The molecule has 2 heteroatoms. The minimum absolute atomic E-state index is 0.762. The topological polar surface area (TPSA) is 3.01 Å². The number of hydrogen-bond acceptors (Lipinski definition) is 1. The molecule has 19 heavy (non-hydrogen) atoms. The highest BCUT2D eigenvalue weighted by Crippen LogP contribution is 2.41. The fourth-order valence-electron chi connectivity index (χ4n) is 3.40. The smallest absolute Gasteiger partial charge is 0.0659 e. The molecule has 4 unspecified atom stereocenters. The summed E-state index contributed by atoms with van der Waals surface area (Å²) in [6, 6.07) is 12.6. The van der Waals surface area contributed by atoms with E-state index >= 15 is 0 Å². The van der Waals surface area contributed by atoms with Gasteiger partial charge in [-0.2, -0.15) is 0 Å². The average molecular weight is 276 g/mol. The normalized spacial score (nSPS) is 28.2. The molecule has 1 nitrogen and oxygen atoms in total. The molecule has 0 N–H and O–H groups in total. The van der Waals surface area contributed by atoms with Crippen molar-refractivity contribution in [1.29, 1.82) is 0 Å². The molecule has 0 saturated carbocycles. The van der Waals surface area contributed by atoms with Crippen molar-refractivity contribution in [2.24, 2.45) is 0 Å². The summed E-state index contributed by atoms with van der Waals surface area (Å²) in [7, 11) is -1.04. The van der Waals surface area contributed by atoms with Crippen LogP contribution in [0.25, 0.3) is 0 Å². The molecular formula is C17H29NSi. The summed E-state index contributed by atoms with van der Waals surface area (Å²) in [4.78, 5) is 2.80. The largest absolute Gasteiger partial charge is 0.295 e. The highest BCUT2D eigenvalue weighted by Gasteiger charge is 2.54. The Kier molecular flexibility index (Phi) is 4.52. The lowest BCUT2D eigenvalue weighted by atomic mass is 10.1. The second kappa shape index (κ2) is 5.80. The molecular weight excluding hydrogens is 246 g/mol. The zero-order valence-electron chi connectivity index (χ0n) is 13.2. The third-order valence-electron chi connectivity index (χ3n) is 4.54. The van der Waals surface area contributed by atoms with Crippen molar-refractivity contribution in [3.05, 3.63) is 35.9 Å². The Morgan fingerprint density at radius 3 is 2.32 bits per heavy atom. The first-order valence-corrected chi connectivity index (χ1v) is 11.3. The van der Waals surface area contributed by atoms with Gasteiger partial charge in [-0.25, -0.2) is 0 Å². The average Bonchev–Trinajstić information content (AvgIpc) is 3.11. The molecule has 4 atom stereocenters. The van der Waals surface area contributed by atoms with E-state index in [-0.39, 0.29) is 0 Å². The van der Waals surface area contributed by atoms with Crippen molar-refractivity contribution in [2.45, 2.75) is 70.5 Å². The zero-order valence-corrected chi connectivity index (χ0v) is 14.2. The van der Waals surface area contributed by atoms with Gasteiger partial charge in [0.2, 0.25) is 0 Å². The van der Waals surface area contributed by atoms with Crippen LogP contribution in [0, 0.1) is 0 Å². The third kappa shape index (κ3) is 3.49. The van der Waals surface area contributed by atoms with Gasteiger partial charge in [0.05, 0.1) is 8.07 Å². The summed E-state index contributed by atoms with van der Waals surface area (Å²) in [6.45, 7) is 12.3. The summed E-state index contributed by atoms with van der Waals surface area (Å²) in [5.74, 6) is 0. The fourth-order valence-corrected chi connectivity index (χ4v) is 6.15. The minimum Gasteiger partial charge on any atom is -0.295 e. The molecule has 2 rings (SSSR count). The van der Waals surface area contributed by atoms with Gasteiger partial charge < -0.3 is 0 Å². The number of hydrogen-bond donors (Lipinski definition) is 0. The molecule has 1 heterocycles. The number of aryl methyl sites for hydroxylation is 1.